The fraction of sp³-hybridized carbons (Fsp3) is 0.167. The lowest BCUT2D eigenvalue weighted by Gasteiger charge is -2.14. The number of nitrogens with zero attached hydrogens (tertiary/aromatic N) is 1. The normalized spacial score (nSPS) is 11.8. The molecule has 0 amide bonds. The maximum Gasteiger partial charge on any atom is 0.163 e. The van der Waals surface area contributed by atoms with E-state index in [0.29, 0.717) is 7.14 Å². The van der Waals surface area contributed by atoms with Gasteiger partial charge in [-0.2, -0.15) is 5.26 Å². The minimum absolute atomic E-state index is 0.0535. The van der Waals surface area contributed by atoms with Gasteiger partial charge in [0.1, 0.15) is 17.6 Å². The number of rotatable bonds is 2. The Morgan fingerprint density at radius 1 is 1.21 bits per heavy atom. The molecule has 0 bridgehead atoms. The zero-order valence-electron chi connectivity index (χ0n) is 9.81. The third kappa shape index (κ3) is 3.21. The SMILES string of the molecule is CC(=O)/C(=C(/C)O)c1c(F)c(I)c(C#N)c(I)c1I. The summed E-state index contributed by atoms with van der Waals surface area (Å²) in [6.07, 6.45) is 0. The summed E-state index contributed by atoms with van der Waals surface area (Å²) in [7, 11) is 0. The standard InChI is InChI=1S/C12H7FI3NO2/c1-4(18)7(5(2)19)8-9(13)10(14)6(3-17)11(15)12(8)16/h18H,1-2H3/b7-4+. The minimum atomic E-state index is -0.652. The number of carbonyl (C=O) groups is 1. The van der Waals surface area contributed by atoms with Gasteiger partial charge in [-0.15, -0.1) is 0 Å². The Hall–Kier alpha value is 0.0400. The van der Waals surface area contributed by atoms with Crippen LogP contribution in [-0.2, 0) is 4.79 Å². The van der Waals surface area contributed by atoms with Crippen molar-refractivity contribution in [1.29, 1.82) is 5.26 Å². The molecule has 19 heavy (non-hydrogen) atoms. The first-order valence-electron chi connectivity index (χ1n) is 4.91. The summed E-state index contributed by atoms with van der Waals surface area (Å²) < 4.78 is 15.6. The second-order valence-electron chi connectivity index (χ2n) is 3.63. The molecule has 1 N–H and O–H groups in total. The number of aliphatic hydroxyl groups excluding tert-OH is 1. The van der Waals surface area contributed by atoms with E-state index in [4.69, 9.17) is 5.26 Å². The summed E-state index contributed by atoms with van der Waals surface area (Å²) in [5, 5.41) is 18.7. The molecule has 0 spiro atoms. The minimum Gasteiger partial charge on any atom is -0.512 e. The Morgan fingerprint density at radius 2 is 1.74 bits per heavy atom. The molecule has 0 fully saturated rings. The smallest absolute Gasteiger partial charge is 0.163 e. The molecule has 1 rings (SSSR count). The molecule has 0 unspecified atom stereocenters. The van der Waals surface area contributed by atoms with E-state index in [-0.39, 0.29) is 26.0 Å². The highest BCUT2D eigenvalue weighted by Gasteiger charge is 2.26. The lowest BCUT2D eigenvalue weighted by Crippen LogP contribution is -2.09. The molecule has 100 valence electrons. The van der Waals surface area contributed by atoms with Crippen LogP contribution in [0.1, 0.15) is 25.0 Å². The lowest BCUT2D eigenvalue weighted by atomic mass is 9.99. The van der Waals surface area contributed by atoms with Crippen molar-refractivity contribution in [3.05, 3.63) is 33.4 Å². The predicted molar refractivity (Wildman–Crippen MR) is 95.2 cm³/mol. The zero-order chi connectivity index (χ0) is 14.9. The number of halogens is 4. The number of benzene rings is 1. The first-order chi connectivity index (χ1) is 8.73. The van der Waals surface area contributed by atoms with Crippen LogP contribution in [0.25, 0.3) is 5.57 Å². The molecule has 0 heterocycles. The number of nitriles is 1. The largest absolute Gasteiger partial charge is 0.512 e. The molecule has 0 aromatic heterocycles. The van der Waals surface area contributed by atoms with Crippen molar-refractivity contribution < 1.29 is 14.3 Å². The summed E-state index contributed by atoms with van der Waals surface area (Å²) in [6, 6.07) is 1.95. The molecular formula is C12H7FI3NO2. The van der Waals surface area contributed by atoms with Crippen molar-refractivity contribution in [1.82, 2.24) is 0 Å². The lowest BCUT2D eigenvalue weighted by molar-refractivity contribution is -0.111. The monoisotopic (exact) mass is 597 g/mol. The van der Waals surface area contributed by atoms with Crippen LogP contribution < -0.4 is 0 Å². The van der Waals surface area contributed by atoms with Crippen molar-refractivity contribution in [3.63, 3.8) is 0 Å². The van der Waals surface area contributed by atoms with Gasteiger partial charge in [-0.25, -0.2) is 4.39 Å². The van der Waals surface area contributed by atoms with Gasteiger partial charge in [-0.05, 0) is 81.6 Å². The van der Waals surface area contributed by atoms with E-state index >= 15 is 0 Å². The Balaban J connectivity index is 3.89. The summed E-state index contributed by atoms with van der Waals surface area (Å²) in [5.41, 5.74) is 0.244. The number of Topliss-reactive ketones (excluding diaryl/α,β-unsaturated/α-hetero) is 1. The Bertz CT molecular complexity index is 614. The third-order valence-corrected chi connectivity index (χ3v) is 6.54. The van der Waals surface area contributed by atoms with Crippen LogP contribution in [0.3, 0.4) is 0 Å². The number of hydrogen-bond acceptors (Lipinski definition) is 3. The van der Waals surface area contributed by atoms with Crippen molar-refractivity contribution >= 4 is 79.1 Å². The first-order valence-corrected chi connectivity index (χ1v) is 8.14. The van der Waals surface area contributed by atoms with Crippen LogP contribution >= 0.6 is 67.8 Å². The van der Waals surface area contributed by atoms with Gasteiger partial charge in [0.2, 0.25) is 0 Å². The Kier molecular flexibility index (Phi) is 5.99. The molecule has 3 nitrogen and oxygen atoms in total. The second kappa shape index (κ2) is 6.66. The molecule has 7 heteroatoms. The molecule has 0 aliphatic heterocycles. The number of ketones is 1. The Labute approximate surface area is 150 Å². The van der Waals surface area contributed by atoms with Crippen LogP contribution in [0.15, 0.2) is 5.76 Å². The average molecular weight is 597 g/mol. The predicted octanol–water partition coefficient (Wildman–Crippen LogP) is 4.39. The van der Waals surface area contributed by atoms with Gasteiger partial charge in [-0.1, -0.05) is 0 Å². The van der Waals surface area contributed by atoms with Gasteiger partial charge in [0.05, 0.1) is 14.7 Å². The van der Waals surface area contributed by atoms with Crippen molar-refractivity contribution in [3.8, 4) is 6.07 Å². The van der Waals surface area contributed by atoms with Gasteiger partial charge >= 0.3 is 0 Å². The molecule has 0 atom stereocenters. The maximum absolute atomic E-state index is 14.4. The fourth-order valence-electron chi connectivity index (χ4n) is 1.56. The van der Waals surface area contributed by atoms with Crippen molar-refractivity contribution in [2.45, 2.75) is 13.8 Å². The quantitative estimate of drug-likeness (QED) is 0.239. The summed E-state index contributed by atoms with van der Waals surface area (Å²) >= 11 is 5.55. The van der Waals surface area contributed by atoms with E-state index in [1.54, 1.807) is 22.6 Å². The van der Waals surface area contributed by atoms with Crippen LogP contribution in [0.4, 0.5) is 4.39 Å². The highest BCUT2D eigenvalue weighted by Crippen LogP contribution is 2.35. The number of aliphatic hydroxyl groups is 1. The number of allylic oxidation sites excluding steroid dienone is 2. The molecule has 1 aromatic rings. The summed E-state index contributed by atoms with van der Waals surface area (Å²) in [5.74, 6) is -1.31. The number of carbonyl (C=O) groups excluding carboxylic acids is 1. The molecule has 0 aliphatic rings. The van der Waals surface area contributed by atoms with E-state index in [1.807, 2.05) is 51.3 Å². The van der Waals surface area contributed by atoms with Gasteiger partial charge < -0.3 is 5.11 Å². The second-order valence-corrected chi connectivity index (χ2v) is 6.87. The molecule has 0 saturated carbocycles. The highest BCUT2D eigenvalue weighted by atomic mass is 127. The van der Waals surface area contributed by atoms with E-state index in [9.17, 15) is 14.3 Å². The van der Waals surface area contributed by atoms with Crippen LogP contribution in [0, 0.1) is 27.9 Å². The first kappa shape index (κ1) is 17.1. The summed E-state index contributed by atoms with van der Waals surface area (Å²) in [4.78, 5) is 11.6. The van der Waals surface area contributed by atoms with Crippen LogP contribution in [-0.4, -0.2) is 10.9 Å². The molecule has 0 radical (unpaired) electrons. The van der Waals surface area contributed by atoms with Gasteiger partial charge in [0.25, 0.3) is 0 Å². The third-order valence-electron chi connectivity index (χ3n) is 2.34. The van der Waals surface area contributed by atoms with E-state index < -0.39 is 11.6 Å². The maximum atomic E-state index is 14.4. The van der Waals surface area contributed by atoms with Gasteiger partial charge in [0.15, 0.2) is 5.78 Å². The van der Waals surface area contributed by atoms with Crippen molar-refractivity contribution in [2.75, 3.05) is 0 Å². The van der Waals surface area contributed by atoms with Crippen LogP contribution in [0.2, 0.25) is 0 Å². The molecule has 0 saturated heterocycles. The topological polar surface area (TPSA) is 61.1 Å². The summed E-state index contributed by atoms with van der Waals surface area (Å²) in [6.45, 7) is 2.60. The average Bonchev–Trinajstić information content (AvgIpc) is 2.31. The highest BCUT2D eigenvalue weighted by molar-refractivity contribution is 14.1. The molecule has 0 aliphatic carbocycles. The zero-order valence-corrected chi connectivity index (χ0v) is 16.3. The van der Waals surface area contributed by atoms with E-state index in [1.165, 1.54) is 13.8 Å². The van der Waals surface area contributed by atoms with Gasteiger partial charge in [0, 0.05) is 12.7 Å². The van der Waals surface area contributed by atoms with Gasteiger partial charge in [-0.3, -0.25) is 4.79 Å². The van der Waals surface area contributed by atoms with E-state index in [0.717, 1.165) is 0 Å². The fourth-order valence-corrected chi connectivity index (χ4v) is 4.17. The Morgan fingerprint density at radius 3 is 2.11 bits per heavy atom. The molecule has 1 aromatic carbocycles. The van der Waals surface area contributed by atoms with Crippen molar-refractivity contribution in [2.24, 2.45) is 0 Å². The number of hydrogen-bond donors (Lipinski definition) is 1. The van der Waals surface area contributed by atoms with Crippen LogP contribution in [0.5, 0.6) is 0 Å². The van der Waals surface area contributed by atoms with E-state index in [2.05, 4.69) is 0 Å². The molecular weight excluding hydrogens is 590 g/mol.